The third-order valence-electron chi connectivity index (χ3n) is 7.32. The highest BCUT2D eigenvalue weighted by atomic mass is 35.5. The molecule has 1 amide bonds. The number of carbonyl (C=O) groups excluding carboxylic acids is 2. The fourth-order valence-corrected chi connectivity index (χ4v) is 5.36. The van der Waals surface area contributed by atoms with Crippen LogP contribution in [0.3, 0.4) is 0 Å². The molecular weight excluding hydrogens is 537 g/mol. The Hall–Kier alpha value is -2.48. The van der Waals surface area contributed by atoms with Gasteiger partial charge >= 0.3 is 5.97 Å². The maximum absolute atomic E-state index is 12.6. The third-order valence-corrected chi connectivity index (χ3v) is 8.13. The van der Waals surface area contributed by atoms with Crippen molar-refractivity contribution in [3.05, 3.63) is 52.0 Å². The molecule has 1 saturated heterocycles. The molecule has 0 aliphatic carbocycles. The van der Waals surface area contributed by atoms with Gasteiger partial charge in [0.25, 0.3) is 0 Å². The Morgan fingerprint density at radius 3 is 2.56 bits per heavy atom. The highest BCUT2D eigenvalue weighted by molar-refractivity contribution is 6.43. The summed E-state index contributed by atoms with van der Waals surface area (Å²) in [6.07, 6.45) is 4.21. The maximum atomic E-state index is 12.6. The number of nitrogens with zero attached hydrogens (tertiary/aromatic N) is 3. The number of anilines is 2. The van der Waals surface area contributed by atoms with E-state index in [2.05, 4.69) is 23.6 Å². The molecule has 0 bridgehead atoms. The molecule has 7 nitrogen and oxygen atoms in total. The first kappa shape index (κ1) is 29.5. The number of fused-ring (bicyclic) bond motifs is 1. The van der Waals surface area contributed by atoms with Crippen molar-refractivity contribution in [3.63, 3.8) is 0 Å². The number of benzene rings is 2. The van der Waals surface area contributed by atoms with Crippen LogP contribution in [0.5, 0.6) is 5.75 Å². The van der Waals surface area contributed by atoms with Gasteiger partial charge in [0.1, 0.15) is 5.75 Å². The van der Waals surface area contributed by atoms with E-state index in [-0.39, 0.29) is 18.6 Å². The summed E-state index contributed by atoms with van der Waals surface area (Å²) >= 11 is 12.6. The number of halogens is 2. The quantitative estimate of drug-likeness (QED) is 0.222. The molecule has 0 N–H and O–H groups in total. The van der Waals surface area contributed by atoms with Gasteiger partial charge in [0, 0.05) is 45.1 Å². The van der Waals surface area contributed by atoms with E-state index in [0.717, 1.165) is 74.7 Å². The van der Waals surface area contributed by atoms with E-state index in [9.17, 15) is 9.59 Å². The monoisotopic (exact) mass is 575 g/mol. The van der Waals surface area contributed by atoms with Crippen molar-refractivity contribution in [1.82, 2.24) is 4.90 Å². The number of carbonyl (C=O) groups is 2. The zero-order chi connectivity index (χ0) is 27.8. The van der Waals surface area contributed by atoms with Crippen LogP contribution in [0.4, 0.5) is 11.4 Å². The predicted molar refractivity (Wildman–Crippen MR) is 157 cm³/mol. The van der Waals surface area contributed by atoms with Crippen molar-refractivity contribution in [1.29, 1.82) is 0 Å². The number of rotatable bonds is 12. The first-order valence-electron chi connectivity index (χ1n) is 13.9. The van der Waals surface area contributed by atoms with Gasteiger partial charge < -0.3 is 14.4 Å². The summed E-state index contributed by atoms with van der Waals surface area (Å²) in [6.45, 7) is 9.54. The molecule has 0 unspecified atom stereocenters. The molecule has 212 valence electrons. The van der Waals surface area contributed by atoms with Gasteiger partial charge in [-0.15, -0.1) is 0 Å². The Labute approximate surface area is 241 Å². The summed E-state index contributed by atoms with van der Waals surface area (Å²) in [5.41, 5.74) is 2.85. The summed E-state index contributed by atoms with van der Waals surface area (Å²) in [7, 11) is 0. The summed E-state index contributed by atoms with van der Waals surface area (Å²) in [6, 6.07) is 11.7. The van der Waals surface area contributed by atoms with Gasteiger partial charge in [0.15, 0.2) is 6.73 Å². The summed E-state index contributed by atoms with van der Waals surface area (Å²) in [4.78, 5) is 31.0. The number of amides is 1. The van der Waals surface area contributed by atoms with E-state index in [1.54, 1.807) is 4.90 Å². The number of aryl methyl sites for hydroxylation is 1. The largest absolute Gasteiger partial charge is 0.494 e. The average molecular weight is 577 g/mol. The highest BCUT2D eigenvalue weighted by Gasteiger charge is 2.26. The molecular formula is C30H39Cl2N3O4. The fraction of sp³-hybridized carbons (Fsp3) is 0.533. The average Bonchev–Trinajstić information content (AvgIpc) is 2.93. The van der Waals surface area contributed by atoms with E-state index >= 15 is 0 Å². The Balaban J connectivity index is 1.19. The molecule has 39 heavy (non-hydrogen) atoms. The van der Waals surface area contributed by atoms with E-state index < -0.39 is 0 Å². The van der Waals surface area contributed by atoms with Crippen molar-refractivity contribution in [3.8, 4) is 5.75 Å². The van der Waals surface area contributed by atoms with Crippen LogP contribution >= 0.6 is 23.2 Å². The van der Waals surface area contributed by atoms with Crippen molar-refractivity contribution in [2.75, 3.05) is 55.9 Å². The topological polar surface area (TPSA) is 62.3 Å². The van der Waals surface area contributed by atoms with Gasteiger partial charge in [-0.2, -0.15) is 0 Å². The molecule has 2 aliphatic rings. The number of unbranched alkanes of at least 4 members (excludes halogenated alkanes) is 1. The Bertz CT molecular complexity index is 1140. The lowest BCUT2D eigenvalue weighted by Gasteiger charge is -2.36. The highest BCUT2D eigenvalue weighted by Crippen LogP contribution is 2.33. The van der Waals surface area contributed by atoms with E-state index in [1.807, 2.05) is 36.4 Å². The molecule has 0 aromatic heterocycles. The van der Waals surface area contributed by atoms with Crippen LogP contribution in [0.2, 0.25) is 10.0 Å². The zero-order valence-electron chi connectivity index (χ0n) is 23.0. The second-order valence-corrected chi connectivity index (χ2v) is 11.4. The van der Waals surface area contributed by atoms with Crippen LogP contribution < -0.4 is 14.5 Å². The standard InChI is InChI=1S/C30H39Cl2N3O4/c1-22(2)8-13-29(37)39-21-35-27-20-24(11-9-23(27)10-12-28(35)36)38-19-4-3-14-33-15-17-34(18-16-33)26-7-5-6-25(31)30(26)32/h5-7,9,11,20,22H,3-4,8,10,12-19,21H2,1-2H3. The number of ether oxygens (including phenoxy) is 2. The lowest BCUT2D eigenvalue weighted by atomic mass is 10.0. The minimum absolute atomic E-state index is 0.0333. The Morgan fingerprint density at radius 1 is 1.00 bits per heavy atom. The molecule has 0 spiro atoms. The first-order valence-corrected chi connectivity index (χ1v) is 14.7. The van der Waals surface area contributed by atoms with Gasteiger partial charge in [-0.3, -0.25) is 19.4 Å². The minimum Gasteiger partial charge on any atom is -0.494 e. The van der Waals surface area contributed by atoms with E-state index in [1.165, 1.54) is 0 Å². The van der Waals surface area contributed by atoms with Gasteiger partial charge in [-0.1, -0.05) is 49.2 Å². The number of hydrogen-bond donors (Lipinski definition) is 0. The maximum Gasteiger partial charge on any atom is 0.307 e. The molecule has 2 heterocycles. The number of piperazine rings is 1. The van der Waals surface area contributed by atoms with Crippen molar-refractivity contribution >= 4 is 46.5 Å². The molecule has 2 aliphatic heterocycles. The van der Waals surface area contributed by atoms with Crippen LogP contribution in [-0.4, -0.2) is 62.8 Å². The SMILES string of the molecule is CC(C)CCC(=O)OCN1C(=O)CCc2ccc(OCCCCN3CCN(c4cccc(Cl)c4Cl)CC3)cc21. The van der Waals surface area contributed by atoms with Gasteiger partial charge in [-0.25, -0.2) is 0 Å². The molecule has 2 aromatic rings. The van der Waals surface area contributed by atoms with Crippen LogP contribution in [0.15, 0.2) is 36.4 Å². The molecule has 0 saturated carbocycles. The van der Waals surface area contributed by atoms with Crippen LogP contribution in [0.1, 0.15) is 51.5 Å². The number of hydrogen-bond acceptors (Lipinski definition) is 6. The Kier molecular flexibility index (Phi) is 10.8. The third kappa shape index (κ3) is 8.26. The van der Waals surface area contributed by atoms with Crippen LogP contribution in [-0.2, 0) is 20.7 Å². The Morgan fingerprint density at radius 2 is 1.79 bits per heavy atom. The molecule has 1 fully saturated rings. The van der Waals surface area contributed by atoms with E-state index in [4.69, 9.17) is 32.7 Å². The predicted octanol–water partition coefficient (Wildman–Crippen LogP) is 6.19. The molecule has 0 radical (unpaired) electrons. The van der Waals surface area contributed by atoms with Gasteiger partial charge in [0.2, 0.25) is 5.91 Å². The second kappa shape index (κ2) is 14.2. The summed E-state index contributed by atoms with van der Waals surface area (Å²) in [5.74, 6) is 0.852. The lowest BCUT2D eigenvalue weighted by molar-refractivity contribution is -0.144. The van der Waals surface area contributed by atoms with Crippen LogP contribution in [0.25, 0.3) is 0 Å². The fourth-order valence-electron chi connectivity index (χ4n) is 4.94. The molecule has 2 aromatic carbocycles. The van der Waals surface area contributed by atoms with E-state index in [0.29, 0.717) is 41.8 Å². The first-order chi connectivity index (χ1) is 18.8. The molecule has 0 atom stereocenters. The second-order valence-electron chi connectivity index (χ2n) is 10.6. The molecule has 9 heteroatoms. The minimum atomic E-state index is -0.272. The van der Waals surface area contributed by atoms with Crippen LogP contribution in [0, 0.1) is 5.92 Å². The normalized spacial score (nSPS) is 16.0. The smallest absolute Gasteiger partial charge is 0.307 e. The molecule has 4 rings (SSSR count). The number of esters is 1. The summed E-state index contributed by atoms with van der Waals surface area (Å²) in [5, 5.41) is 1.22. The zero-order valence-corrected chi connectivity index (χ0v) is 24.5. The van der Waals surface area contributed by atoms with Crippen molar-refractivity contribution in [2.24, 2.45) is 5.92 Å². The van der Waals surface area contributed by atoms with Crippen molar-refractivity contribution < 1.29 is 19.1 Å². The lowest BCUT2D eigenvalue weighted by Crippen LogP contribution is -2.46. The van der Waals surface area contributed by atoms with Gasteiger partial charge in [0.05, 0.1) is 28.0 Å². The van der Waals surface area contributed by atoms with Gasteiger partial charge in [-0.05, 0) is 61.9 Å². The van der Waals surface area contributed by atoms with Crippen molar-refractivity contribution in [2.45, 2.75) is 52.4 Å². The summed E-state index contributed by atoms with van der Waals surface area (Å²) < 4.78 is 11.5.